The molecule has 21 heavy (non-hydrogen) atoms. The third-order valence-electron chi connectivity index (χ3n) is 2.61. The highest BCUT2D eigenvalue weighted by Crippen LogP contribution is 2.26. The van der Waals surface area contributed by atoms with Crippen molar-refractivity contribution in [1.29, 1.82) is 0 Å². The van der Waals surface area contributed by atoms with Gasteiger partial charge in [-0.05, 0) is 39.0 Å². The number of aliphatic hydroxyl groups is 1. The fourth-order valence-corrected chi connectivity index (χ4v) is 1.65. The number of ether oxygens (including phenoxy) is 1. The van der Waals surface area contributed by atoms with Crippen LogP contribution in [0.2, 0.25) is 5.02 Å². The minimum Gasteiger partial charge on any atom is -0.490 e. The maximum Gasteiger partial charge on any atom is 0.417 e. The van der Waals surface area contributed by atoms with Gasteiger partial charge >= 0.3 is 6.18 Å². The average Bonchev–Trinajstić information content (AvgIpc) is 2.32. The van der Waals surface area contributed by atoms with Crippen molar-refractivity contribution in [2.75, 3.05) is 6.61 Å². The summed E-state index contributed by atoms with van der Waals surface area (Å²) in [5.41, 5.74) is 0.470. The minimum absolute atomic E-state index is 0.162. The number of hydrogen-bond donors (Lipinski definition) is 2. The van der Waals surface area contributed by atoms with Gasteiger partial charge in [-0.1, -0.05) is 11.6 Å². The van der Waals surface area contributed by atoms with Gasteiger partial charge in [0.15, 0.2) is 6.10 Å². The van der Waals surface area contributed by atoms with Gasteiger partial charge in [-0.25, -0.2) is 0 Å². The van der Waals surface area contributed by atoms with Crippen LogP contribution in [0, 0.1) is 0 Å². The zero-order valence-electron chi connectivity index (χ0n) is 12.1. The van der Waals surface area contributed by atoms with Crippen LogP contribution in [0.4, 0.5) is 13.2 Å². The second-order valence-corrected chi connectivity index (χ2v) is 6.16. The van der Waals surface area contributed by atoms with Crippen molar-refractivity contribution in [2.45, 2.75) is 45.1 Å². The molecular formula is C14H19ClF3NO2. The summed E-state index contributed by atoms with van der Waals surface area (Å²) in [6.07, 6.45) is -7.22. The lowest BCUT2D eigenvalue weighted by molar-refractivity contribution is -0.210. The highest BCUT2D eigenvalue weighted by atomic mass is 35.5. The van der Waals surface area contributed by atoms with E-state index in [9.17, 15) is 13.2 Å². The highest BCUT2D eigenvalue weighted by molar-refractivity contribution is 6.30. The summed E-state index contributed by atoms with van der Waals surface area (Å²) in [5.74, 6) is 0.263. The van der Waals surface area contributed by atoms with Crippen LogP contribution in [0.3, 0.4) is 0 Å². The van der Waals surface area contributed by atoms with Gasteiger partial charge in [-0.15, -0.1) is 0 Å². The lowest BCUT2D eigenvalue weighted by Gasteiger charge is -2.22. The van der Waals surface area contributed by atoms with Crippen LogP contribution in [0.25, 0.3) is 0 Å². The second-order valence-electron chi connectivity index (χ2n) is 5.72. The van der Waals surface area contributed by atoms with Crippen molar-refractivity contribution in [3.05, 3.63) is 28.8 Å². The number of alkyl halides is 3. The molecule has 0 amide bonds. The smallest absolute Gasteiger partial charge is 0.417 e. The first-order valence-electron chi connectivity index (χ1n) is 6.40. The van der Waals surface area contributed by atoms with Crippen molar-refractivity contribution >= 4 is 11.6 Å². The fraction of sp³-hybridized carbons (Fsp3) is 0.571. The van der Waals surface area contributed by atoms with Crippen molar-refractivity contribution in [1.82, 2.24) is 5.32 Å². The predicted octanol–water partition coefficient (Wildman–Crippen LogP) is 3.53. The molecule has 0 fully saturated rings. The van der Waals surface area contributed by atoms with Gasteiger partial charge in [-0.2, -0.15) is 13.2 Å². The Kier molecular flexibility index (Phi) is 5.90. The normalized spacial score (nSPS) is 14.1. The zero-order valence-corrected chi connectivity index (χ0v) is 12.8. The number of hydrogen-bond acceptors (Lipinski definition) is 3. The predicted molar refractivity (Wildman–Crippen MR) is 75.6 cm³/mol. The summed E-state index contributed by atoms with van der Waals surface area (Å²) in [7, 11) is 0. The standard InChI is InChI=1S/C14H19ClF3NO2/c1-13(2,3)19-7-9-6-10(15)4-5-11(9)21-8-12(20)14(16,17)18/h4-6,12,19-20H,7-8H2,1-3H3. The van der Waals surface area contributed by atoms with Crippen LogP contribution in [-0.2, 0) is 6.54 Å². The molecule has 0 aliphatic heterocycles. The van der Waals surface area contributed by atoms with Gasteiger partial charge in [0.25, 0.3) is 0 Å². The molecule has 3 nitrogen and oxygen atoms in total. The van der Waals surface area contributed by atoms with Crippen molar-refractivity contribution in [2.24, 2.45) is 0 Å². The van der Waals surface area contributed by atoms with Crippen LogP contribution >= 0.6 is 11.6 Å². The average molecular weight is 326 g/mol. The van der Waals surface area contributed by atoms with E-state index >= 15 is 0 Å². The Morgan fingerprint density at radius 1 is 1.29 bits per heavy atom. The number of halogens is 4. The quantitative estimate of drug-likeness (QED) is 0.870. The molecule has 0 aromatic heterocycles. The molecule has 120 valence electrons. The molecule has 1 unspecified atom stereocenters. The molecule has 0 saturated carbocycles. The van der Waals surface area contributed by atoms with Crippen LogP contribution in [-0.4, -0.2) is 29.5 Å². The van der Waals surface area contributed by atoms with Gasteiger partial charge in [-0.3, -0.25) is 0 Å². The van der Waals surface area contributed by atoms with Gasteiger partial charge in [0.05, 0.1) is 0 Å². The summed E-state index contributed by atoms with van der Waals surface area (Å²) in [6, 6.07) is 4.64. The molecule has 1 rings (SSSR count). The summed E-state index contributed by atoms with van der Waals surface area (Å²) in [6.45, 7) is 5.43. The molecule has 0 spiro atoms. The fourth-order valence-electron chi connectivity index (χ4n) is 1.45. The first-order chi connectivity index (χ1) is 9.49. The molecule has 2 N–H and O–H groups in total. The van der Waals surface area contributed by atoms with E-state index in [0.29, 0.717) is 17.1 Å². The zero-order chi connectivity index (χ0) is 16.3. The molecule has 7 heteroatoms. The van der Waals surface area contributed by atoms with Gasteiger partial charge < -0.3 is 15.2 Å². The van der Waals surface area contributed by atoms with Crippen molar-refractivity contribution < 1.29 is 23.0 Å². The largest absolute Gasteiger partial charge is 0.490 e. The Morgan fingerprint density at radius 2 is 1.90 bits per heavy atom. The molecule has 0 aliphatic carbocycles. The number of nitrogens with one attached hydrogen (secondary N) is 1. The highest BCUT2D eigenvalue weighted by Gasteiger charge is 2.38. The Morgan fingerprint density at radius 3 is 2.43 bits per heavy atom. The third-order valence-corrected chi connectivity index (χ3v) is 2.84. The lowest BCUT2D eigenvalue weighted by atomic mass is 10.1. The monoisotopic (exact) mass is 325 g/mol. The molecule has 0 heterocycles. The number of rotatable bonds is 5. The summed E-state index contributed by atoms with van der Waals surface area (Å²) in [5, 5.41) is 12.6. The topological polar surface area (TPSA) is 41.5 Å². The first kappa shape index (κ1) is 18.1. The van der Waals surface area contributed by atoms with Crippen molar-refractivity contribution in [3.8, 4) is 5.75 Å². The van der Waals surface area contributed by atoms with E-state index in [1.165, 1.54) is 12.1 Å². The molecule has 1 atom stereocenters. The number of aliphatic hydroxyl groups excluding tert-OH is 1. The minimum atomic E-state index is -4.70. The molecule has 1 aromatic rings. The van der Waals surface area contributed by atoms with E-state index in [1.54, 1.807) is 6.07 Å². The van der Waals surface area contributed by atoms with Gasteiger partial charge in [0.2, 0.25) is 0 Å². The first-order valence-corrected chi connectivity index (χ1v) is 6.78. The maximum absolute atomic E-state index is 12.3. The number of benzene rings is 1. The Balaban J connectivity index is 2.77. The Bertz CT molecular complexity index is 472. The van der Waals surface area contributed by atoms with E-state index in [0.717, 1.165) is 0 Å². The maximum atomic E-state index is 12.3. The summed E-state index contributed by atoms with van der Waals surface area (Å²) >= 11 is 5.89. The summed E-state index contributed by atoms with van der Waals surface area (Å²) in [4.78, 5) is 0. The molecule has 0 radical (unpaired) electrons. The van der Waals surface area contributed by atoms with E-state index in [-0.39, 0.29) is 11.3 Å². The molecular weight excluding hydrogens is 307 g/mol. The van der Waals surface area contributed by atoms with Crippen LogP contribution in [0.1, 0.15) is 26.3 Å². The summed E-state index contributed by atoms with van der Waals surface area (Å²) < 4.78 is 41.8. The Hall–Kier alpha value is -0.980. The van der Waals surface area contributed by atoms with Crippen molar-refractivity contribution in [3.63, 3.8) is 0 Å². The van der Waals surface area contributed by atoms with E-state index < -0.39 is 18.9 Å². The molecule has 0 saturated heterocycles. The molecule has 1 aromatic carbocycles. The SMILES string of the molecule is CC(C)(C)NCc1cc(Cl)ccc1OCC(O)C(F)(F)F. The molecule has 0 bridgehead atoms. The second kappa shape index (κ2) is 6.85. The third kappa shape index (κ3) is 6.54. The van der Waals surface area contributed by atoms with E-state index in [4.69, 9.17) is 21.4 Å². The Labute approximate surface area is 127 Å². The lowest BCUT2D eigenvalue weighted by Crippen LogP contribution is -2.36. The van der Waals surface area contributed by atoms with Crippen LogP contribution in [0.15, 0.2) is 18.2 Å². The van der Waals surface area contributed by atoms with E-state index in [1.807, 2.05) is 20.8 Å². The molecule has 0 aliphatic rings. The van der Waals surface area contributed by atoms with Gasteiger partial charge in [0.1, 0.15) is 12.4 Å². The van der Waals surface area contributed by atoms with Gasteiger partial charge in [0, 0.05) is 22.7 Å². The van der Waals surface area contributed by atoms with E-state index in [2.05, 4.69) is 5.32 Å². The van der Waals surface area contributed by atoms with Crippen LogP contribution in [0.5, 0.6) is 5.75 Å². The van der Waals surface area contributed by atoms with Crippen LogP contribution < -0.4 is 10.1 Å².